The molecular formula is C18H24N2O. The number of rotatable bonds is 7. The molecule has 2 aromatic carbocycles. The Morgan fingerprint density at radius 1 is 0.905 bits per heavy atom. The van der Waals surface area contributed by atoms with Crippen LogP contribution < -0.4 is 10.1 Å². The maximum Gasteiger partial charge on any atom is 0.123 e. The molecule has 0 bridgehead atoms. The van der Waals surface area contributed by atoms with Crippen molar-refractivity contribution in [3.63, 3.8) is 0 Å². The first-order valence-corrected chi connectivity index (χ1v) is 7.26. The molecule has 21 heavy (non-hydrogen) atoms. The summed E-state index contributed by atoms with van der Waals surface area (Å²) in [6.45, 7) is 2.70. The second-order valence-corrected chi connectivity index (χ2v) is 5.28. The van der Waals surface area contributed by atoms with Gasteiger partial charge in [0.2, 0.25) is 0 Å². The lowest BCUT2D eigenvalue weighted by Crippen LogP contribution is -2.19. The quantitative estimate of drug-likeness (QED) is 0.846. The number of ether oxygens (including phenoxy) is 1. The predicted octanol–water partition coefficient (Wildman–Crippen LogP) is 3.05. The summed E-state index contributed by atoms with van der Waals surface area (Å²) in [5.41, 5.74) is 3.93. The van der Waals surface area contributed by atoms with E-state index >= 15 is 0 Å². The van der Waals surface area contributed by atoms with Crippen molar-refractivity contribution in [2.45, 2.75) is 19.6 Å². The van der Waals surface area contributed by atoms with Crippen molar-refractivity contribution in [2.24, 2.45) is 0 Å². The largest absolute Gasteiger partial charge is 0.496 e. The molecule has 0 amide bonds. The van der Waals surface area contributed by atoms with Crippen LogP contribution in [-0.2, 0) is 19.6 Å². The molecule has 112 valence electrons. The molecule has 0 aliphatic rings. The fourth-order valence-electron chi connectivity index (χ4n) is 2.55. The molecule has 0 atom stereocenters. The van der Waals surface area contributed by atoms with Gasteiger partial charge in [-0.3, -0.25) is 4.90 Å². The first-order valence-electron chi connectivity index (χ1n) is 7.26. The lowest BCUT2D eigenvalue weighted by Gasteiger charge is -2.20. The van der Waals surface area contributed by atoms with Gasteiger partial charge < -0.3 is 10.1 Å². The van der Waals surface area contributed by atoms with Gasteiger partial charge in [-0.05, 0) is 31.3 Å². The topological polar surface area (TPSA) is 24.5 Å². The van der Waals surface area contributed by atoms with Gasteiger partial charge in [0.05, 0.1) is 7.11 Å². The lowest BCUT2D eigenvalue weighted by molar-refractivity contribution is 0.309. The summed E-state index contributed by atoms with van der Waals surface area (Å²) in [4.78, 5) is 2.31. The summed E-state index contributed by atoms with van der Waals surface area (Å²) >= 11 is 0. The first-order chi connectivity index (χ1) is 10.2. The summed E-state index contributed by atoms with van der Waals surface area (Å²) in [7, 11) is 5.85. The number of methoxy groups -OCH3 is 1. The minimum Gasteiger partial charge on any atom is -0.496 e. The van der Waals surface area contributed by atoms with E-state index in [0.29, 0.717) is 0 Å². The fourth-order valence-corrected chi connectivity index (χ4v) is 2.55. The van der Waals surface area contributed by atoms with Gasteiger partial charge in [0, 0.05) is 25.2 Å². The molecule has 0 heterocycles. The van der Waals surface area contributed by atoms with Crippen LogP contribution in [-0.4, -0.2) is 26.1 Å². The molecule has 0 spiro atoms. The van der Waals surface area contributed by atoms with E-state index < -0.39 is 0 Å². The van der Waals surface area contributed by atoms with Crippen LogP contribution in [0, 0.1) is 0 Å². The van der Waals surface area contributed by atoms with Gasteiger partial charge in [-0.1, -0.05) is 42.5 Å². The van der Waals surface area contributed by atoms with Crippen LogP contribution in [0.15, 0.2) is 48.5 Å². The standard InChI is InChI=1S/C18H24N2O/c1-19-12-15-8-4-5-9-16(15)13-20(2)14-17-10-6-7-11-18(17)21-3/h4-11,19H,12-14H2,1-3H3. The van der Waals surface area contributed by atoms with Crippen molar-refractivity contribution >= 4 is 0 Å². The molecule has 0 aromatic heterocycles. The van der Waals surface area contributed by atoms with Gasteiger partial charge in [0.1, 0.15) is 5.75 Å². The fraction of sp³-hybridized carbons (Fsp3) is 0.333. The Balaban J connectivity index is 2.06. The summed E-state index contributed by atoms with van der Waals surface area (Å²) in [6, 6.07) is 16.8. The van der Waals surface area contributed by atoms with Crippen molar-refractivity contribution < 1.29 is 4.74 Å². The molecule has 1 N–H and O–H groups in total. The Morgan fingerprint density at radius 3 is 2.14 bits per heavy atom. The number of para-hydroxylation sites is 1. The van der Waals surface area contributed by atoms with Crippen LogP contribution in [0.4, 0.5) is 0 Å². The van der Waals surface area contributed by atoms with Crippen LogP contribution in [0.2, 0.25) is 0 Å². The molecule has 2 aromatic rings. The Morgan fingerprint density at radius 2 is 1.48 bits per heavy atom. The SMILES string of the molecule is CNCc1ccccc1CN(C)Cc1ccccc1OC. The normalized spacial score (nSPS) is 10.9. The molecule has 3 heteroatoms. The Kier molecular flexibility index (Phi) is 5.78. The second-order valence-electron chi connectivity index (χ2n) is 5.28. The number of hydrogen-bond acceptors (Lipinski definition) is 3. The molecule has 0 aliphatic heterocycles. The van der Waals surface area contributed by atoms with Gasteiger partial charge >= 0.3 is 0 Å². The summed E-state index contributed by atoms with van der Waals surface area (Å²) < 4.78 is 5.42. The monoisotopic (exact) mass is 284 g/mol. The number of benzene rings is 2. The third-order valence-electron chi connectivity index (χ3n) is 3.56. The molecular weight excluding hydrogens is 260 g/mol. The zero-order valence-electron chi connectivity index (χ0n) is 13.1. The number of nitrogens with one attached hydrogen (secondary N) is 1. The van der Waals surface area contributed by atoms with E-state index in [4.69, 9.17) is 4.74 Å². The Labute approximate surface area is 127 Å². The lowest BCUT2D eigenvalue weighted by atomic mass is 10.1. The van der Waals surface area contributed by atoms with Crippen molar-refractivity contribution in [1.29, 1.82) is 0 Å². The van der Waals surface area contributed by atoms with E-state index in [1.165, 1.54) is 16.7 Å². The van der Waals surface area contributed by atoms with Crippen molar-refractivity contribution in [3.8, 4) is 5.75 Å². The Bertz CT molecular complexity index is 569. The van der Waals surface area contributed by atoms with Crippen LogP contribution >= 0.6 is 0 Å². The van der Waals surface area contributed by atoms with E-state index in [0.717, 1.165) is 25.4 Å². The van der Waals surface area contributed by atoms with Crippen LogP contribution in [0.25, 0.3) is 0 Å². The summed E-state index contributed by atoms with van der Waals surface area (Å²) in [5.74, 6) is 0.952. The van der Waals surface area contributed by atoms with Gasteiger partial charge in [0.15, 0.2) is 0 Å². The minimum atomic E-state index is 0.873. The van der Waals surface area contributed by atoms with Crippen molar-refractivity contribution in [3.05, 3.63) is 65.2 Å². The van der Waals surface area contributed by atoms with Crippen LogP contribution in [0.5, 0.6) is 5.75 Å². The van der Waals surface area contributed by atoms with Crippen molar-refractivity contribution in [2.75, 3.05) is 21.2 Å². The summed E-state index contributed by atoms with van der Waals surface area (Å²) in [5, 5.41) is 3.23. The maximum absolute atomic E-state index is 5.42. The third-order valence-corrected chi connectivity index (χ3v) is 3.56. The first kappa shape index (κ1) is 15.5. The van der Waals surface area contributed by atoms with Gasteiger partial charge in [-0.25, -0.2) is 0 Å². The molecule has 0 unspecified atom stereocenters. The molecule has 0 fully saturated rings. The second kappa shape index (κ2) is 7.81. The van der Waals surface area contributed by atoms with E-state index in [1.807, 2.05) is 19.2 Å². The molecule has 0 aliphatic carbocycles. The molecule has 0 radical (unpaired) electrons. The zero-order valence-corrected chi connectivity index (χ0v) is 13.1. The van der Waals surface area contributed by atoms with Crippen LogP contribution in [0.3, 0.4) is 0 Å². The smallest absolute Gasteiger partial charge is 0.123 e. The number of hydrogen-bond donors (Lipinski definition) is 1. The maximum atomic E-state index is 5.42. The third kappa shape index (κ3) is 4.31. The highest BCUT2D eigenvalue weighted by Crippen LogP contribution is 2.20. The average Bonchev–Trinajstić information content (AvgIpc) is 2.50. The van der Waals surface area contributed by atoms with E-state index in [9.17, 15) is 0 Å². The van der Waals surface area contributed by atoms with Crippen LogP contribution in [0.1, 0.15) is 16.7 Å². The zero-order chi connectivity index (χ0) is 15.1. The molecule has 2 rings (SSSR count). The molecule has 0 saturated carbocycles. The van der Waals surface area contributed by atoms with E-state index in [-0.39, 0.29) is 0 Å². The van der Waals surface area contributed by atoms with Gasteiger partial charge in [-0.2, -0.15) is 0 Å². The molecule has 0 saturated heterocycles. The highest BCUT2D eigenvalue weighted by molar-refractivity contribution is 5.33. The highest BCUT2D eigenvalue weighted by atomic mass is 16.5. The minimum absolute atomic E-state index is 0.873. The van der Waals surface area contributed by atoms with E-state index in [2.05, 4.69) is 53.7 Å². The highest BCUT2D eigenvalue weighted by Gasteiger charge is 2.08. The summed E-state index contributed by atoms with van der Waals surface area (Å²) in [6.07, 6.45) is 0. The van der Waals surface area contributed by atoms with Gasteiger partial charge in [-0.15, -0.1) is 0 Å². The predicted molar refractivity (Wildman–Crippen MR) is 87.4 cm³/mol. The number of nitrogens with zero attached hydrogens (tertiary/aromatic N) is 1. The Hall–Kier alpha value is -1.84. The molecule has 3 nitrogen and oxygen atoms in total. The average molecular weight is 284 g/mol. The van der Waals surface area contributed by atoms with Gasteiger partial charge in [0.25, 0.3) is 0 Å². The van der Waals surface area contributed by atoms with Crippen molar-refractivity contribution in [1.82, 2.24) is 10.2 Å². The van der Waals surface area contributed by atoms with E-state index in [1.54, 1.807) is 7.11 Å².